The molecule has 2 unspecified atom stereocenters. The molecule has 2 heterocycles. The molecular formula is C33H39N2O2SSi. The van der Waals surface area contributed by atoms with Crippen molar-refractivity contribution in [3.05, 3.63) is 91.0 Å². The van der Waals surface area contributed by atoms with E-state index in [9.17, 15) is 0 Å². The van der Waals surface area contributed by atoms with Crippen molar-refractivity contribution >= 4 is 48.0 Å². The third-order valence-corrected chi connectivity index (χ3v) is 10.4. The molecule has 1 aliphatic heterocycles. The summed E-state index contributed by atoms with van der Waals surface area (Å²) in [6.07, 6.45) is 1.71. The lowest BCUT2D eigenvalue weighted by Gasteiger charge is -2.36. The van der Waals surface area contributed by atoms with Gasteiger partial charge < -0.3 is 14.1 Å². The SMILES string of the molecule is CC1(C)COC(CC(CC(O[Si](c2ccccc2)c2ccccc2)C(C)(C)C)Sc2cc3ccccc3[nH]2)=N1. The van der Waals surface area contributed by atoms with Crippen LogP contribution in [0.3, 0.4) is 0 Å². The minimum absolute atomic E-state index is 0.0451. The molecule has 3 aromatic carbocycles. The van der Waals surface area contributed by atoms with E-state index in [0.717, 1.165) is 24.3 Å². The molecule has 203 valence electrons. The second kappa shape index (κ2) is 11.7. The van der Waals surface area contributed by atoms with Crippen LogP contribution in [-0.4, -0.2) is 43.4 Å². The highest BCUT2D eigenvalue weighted by molar-refractivity contribution is 7.99. The largest absolute Gasteiger partial charge is 0.478 e. The van der Waals surface area contributed by atoms with Gasteiger partial charge in [-0.15, -0.1) is 11.8 Å². The second-order valence-corrected chi connectivity index (χ2v) is 15.4. The minimum Gasteiger partial charge on any atom is -0.478 e. The van der Waals surface area contributed by atoms with Crippen LogP contribution in [0, 0.1) is 5.41 Å². The number of hydrogen-bond acceptors (Lipinski definition) is 4. The highest BCUT2D eigenvalue weighted by atomic mass is 32.2. The second-order valence-electron chi connectivity index (χ2n) is 12.0. The van der Waals surface area contributed by atoms with Gasteiger partial charge >= 0.3 is 0 Å². The first-order valence-corrected chi connectivity index (χ1v) is 16.1. The minimum atomic E-state index is -1.44. The van der Waals surface area contributed by atoms with Crippen molar-refractivity contribution < 1.29 is 9.16 Å². The number of thioether (sulfide) groups is 1. The van der Waals surface area contributed by atoms with Gasteiger partial charge in [0.2, 0.25) is 0 Å². The van der Waals surface area contributed by atoms with Gasteiger partial charge in [0.25, 0.3) is 9.04 Å². The van der Waals surface area contributed by atoms with E-state index in [4.69, 9.17) is 14.2 Å². The van der Waals surface area contributed by atoms with Gasteiger partial charge in [0.05, 0.1) is 16.7 Å². The Kier molecular flexibility index (Phi) is 8.36. The average Bonchev–Trinajstić information content (AvgIpc) is 3.48. The molecule has 0 spiro atoms. The molecular weight excluding hydrogens is 517 g/mol. The Bertz CT molecular complexity index is 1320. The van der Waals surface area contributed by atoms with Gasteiger partial charge in [-0.1, -0.05) is 99.6 Å². The van der Waals surface area contributed by atoms with E-state index in [0.29, 0.717) is 6.61 Å². The number of aliphatic imine (C=N–C) groups is 1. The van der Waals surface area contributed by atoms with Gasteiger partial charge in [-0.05, 0) is 48.2 Å². The number of H-pyrrole nitrogens is 1. The predicted octanol–water partition coefficient (Wildman–Crippen LogP) is 6.85. The predicted molar refractivity (Wildman–Crippen MR) is 167 cm³/mol. The Labute approximate surface area is 239 Å². The Balaban J connectivity index is 1.44. The highest BCUT2D eigenvalue weighted by Gasteiger charge is 2.35. The van der Waals surface area contributed by atoms with E-state index in [1.807, 2.05) is 11.8 Å². The number of para-hydroxylation sites is 1. The highest BCUT2D eigenvalue weighted by Crippen LogP contribution is 2.36. The number of ether oxygens (including phenoxy) is 1. The Hall–Kier alpha value is -2.80. The normalized spacial score (nSPS) is 16.7. The monoisotopic (exact) mass is 555 g/mol. The molecule has 1 aliphatic rings. The number of nitrogens with zero attached hydrogens (tertiary/aromatic N) is 1. The van der Waals surface area contributed by atoms with Gasteiger partial charge in [-0.2, -0.15) is 0 Å². The summed E-state index contributed by atoms with van der Waals surface area (Å²) in [5.74, 6) is 0.859. The van der Waals surface area contributed by atoms with Crippen LogP contribution in [0.2, 0.25) is 0 Å². The number of aromatic amines is 1. The summed E-state index contributed by atoms with van der Waals surface area (Å²) in [7, 11) is -1.44. The van der Waals surface area contributed by atoms with E-state index >= 15 is 0 Å². The van der Waals surface area contributed by atoms with Gasteiger partial charge in [-0.25, -0.2) is 4.99 Å². The van der Waals surface area contributed by atoms with Gasteiger partial charge in [0.1, 0.15) is 6.61 Å². The zero-order valence-electron chi connectivity index (χ0n) is 23.6. The van der Waals surface area contributed by atoms with Crippen LogP contribution >= 0.6 is 11.8 Å². The standard InChI is InChI=1S/C33H39N2O2SSi/c1-32(2,3)29(37-39(26-15-8-6-9-16-26)27-17-10-7-11-18-27)21-25(22-30-35-33(4,5)23-36-30)38-31-20-24-14-12-13-19-28(24)34-31/h6-20,25,29,34H,21-23H2,1-5H3. The third kappa shape index (κ3) is 7.24. The van der Waals surface area contributed by atoms with Crippen molar-refractivity contribution in [1.29, 1.82) is 0 Å². The Morgan fingerprint density at radius 3 is 2.13 bits per heavy atom. The summed E-state index contributed by atoms with van der Waals surface area (Å²) in [4.78, 5) is 8.53. The third-order valence-electron chi connectivity index (χ3n) is 7.00. The van der Waals surface area contributed by atoms with Crippen molar-refractivity contribution in [2.24, 2.45) is 10.4 Å². The summed E-state index contributed by atoms with van der Waals surface area (Å²) in [5, 5.41) is 5.19. The molecule has 6 heteroatoms. The molecule has 1 N–H and O–H groups in total. The number of aromatic nitrogens is 1. The van der Waals surface area contributed by atoms with Crippen molar-refractivity contribution in [2.45, 2.75) is 69.4 Å². The first-order valence-electron chi connectivity index (χ1n) is 13.8. The molecule has 0 saturated heterocycles. The maximum absolute atomic E-state index is 7.22. The van der Waals surface area contributed by atoms with E-state index < -0.39 is 9.04 Å². The van der Waals surface area contributed by atoms with Gasteiger partial charge in [0, 0.05) is 22.6 Å². The number of nitrogens with one attached hydrogen (secondary N) is 1. The molecule has 4 nitrogen and oxygen atoms in total. The van der Waals surface area contributed by atoms with E-state index in [2.05, 4.69) is 131 Å². The van der Waals surface area contributed by atoms with Crippen molar-refractivity contribution in [1.82, 2.24) is 4.98 Å². The number of fused-ring (bicyclic) bond motifs is 1. The van der Waals surface area contributed by atoms with Crippen LogP contribution in [0.25, 0.3) is 10.9 Å². The molecule has 1 radical (unpaired) electrons. The maximum Gasteiger partial charge on any atom is 0.283 e. The van der Waals surface area contributed by atoms with Crippen LogP contribution in [0.4, 0.5) is 0 Å². The fourth-order valence-corrected chi connectivity index (χ4v) is 8.42. The van der Waals surface area contributed by atoms with E-state index in [1.165, 1.54) is 20.8 Å². The lowest BCUT2D eigenvalue weighted by atomic mass is 9.86. The van der Waals surface area contributed by atoms with Crippen LogP contribution in [-0.2, 0) is 9.16 Å². The maximum atomic E-state index is 7.22. The first kappa shape index (κ1) is 27.8. The topological polar surface area (TPSA) is 46.6 Å². The fourth-order valence-electron chi connectivity index (χ4n) is 4.87. The summed E-state index contributed by atoms with van der Waals surface area (Å²) in [5.41, 5.74) is 0.954. The van der Waals surface area contributed by atoms with Crippen LogP contribution in [0.1, 0.15) is 47.5 Å². The average molecular weight is 556 g/mol. The van der Waals surface area contributed by atoms with Gasteiger partial charge in [0.15, 0.2) is 5.90 Å². The molecule has 0 bridgehead atoms. The smallest absolute Gasteiger partial charge is 0.283 e. The molecule has 0 fully saturated rings. The quantitative estimate of drug-likeness (QED) is 0.172. The molecule has 1 aromatic heterocycles. The molecule has 2 atom stereocenters. The van der Waals surface area contributed by atoms with Crippen LogP contribution in [0.5, 0.6) is 0 Å². The molecule has 0 saturated carbocycles. The van der Waals surface area contributed by atoms with Crippen LogP contribution < -0.4 is 10.4 Å². The Morgan fingerprint density at radius 1 is 0.949 bits per heavy atom. The lowest BCUT2D eigenvalue weighted by molar-refractivity contribution is 0.0811. The summed E-state index contributed by atoms with van der Waals surface area (Å²) < 4.78 is 13.3. The molecule has 0 amide bonds. The Morgan fingerprint density at radius 2 is 1.56 bits per heavy atom. The molecule has 4 aromatic rings. The number of benzene rings is 3. The van der Waals surface area contributed by atoms with Crippen LogP contribution in [0.15, 0.2) is 101 Å². The summed E-state index contributed by atoms with van der Waals surface area (Å²) >= 11 is 1.88. The zero-order valence-corrected chi connectivity index (χ0v) is 25.4. The molecule has 0 aliphatic carbocycles. The van der Waals surface area contributed by atoms with Crippen molar-refractivity contribution in [2.75, 3.05) is 6.61 Å². The van der Waals surface area contributed by atoms with Crippen molar-refractivity contribution in [3.63, 3.8) is 0 Å². The van der Waals surface area contributed by atoms with Crippen molar-refractivity contribution in [3.8, 4) is 0 Å². The molecule has 5 rings (SSSR count). The molecule has 39 heavy (non-hydrogen) atoms. The zero-order chi connectivity index (χ0) is 27.5. The number of hydrogen-bond donors (Lipinski definition) is 1. The van der Waals surface area contributed by atoms with E-state index in [1.54, 1.807) is 0 Å². The lowest BCUT2D eigenvalue weighted by Crippen LogP contribution is -2.50. The van der Waals surface area contributed by atoms with Gasteiger partial charge in [-0.3, -0.25) is 0 Å². The first-order chi connectivity index (χ1) is 18.7. The fraction of sp³-hybridized carbons (Fsp3) is 0.364. The summed E-state index contributed by atoms with van der Waals surface area (Å²) in [6.45, 7) is 11.8. The van der Waals surface area contributed by atoms with E-state index in [-0.39, 0.29) is 22.3 Å². The summed E-state index contributed by atoms with van der Waals surface area (Å²) in [6, 6.07) is 32.2. The number of rotatable bonds is 10.